The molecule has 1 atom stereocenters. The second-order valence-electron chi connectivity index (χ2n) is 4.61. The minimum atomic E-state index is -3.36. The van der Waals surface area contributed by atoms with Gasteiger partial charge in [-0.05, 0) is 24.3 Å². The van der Waals surface area contributed by atoms with Crippen molar-refractivity contribution in [2.75, 3.05) is 11.2 Å². The van der Waals surface area contributed by atoms with Crippen molar-refractivity contribution in [1.29, 1.82) is 0 Å². The Hall–Kier alpha value is -0.430. The van der Waals surface area contributed by atoms with Crippen molar-refractivity contribution in [3.05, 3.63) is 35.9 Å². The van der Waals surface area contributed by atoms with Crippen molar-refractivity contribution >= 4 is 26.0 Å². The van der Waals surface area contributed by atoms with E-state index >= 15 is 0 Å². The molecule has 2 N–H and O–H groups in total. The predicted molar refractivity (Wildman–Crippen MR) is 73.8 cm³/mol. The summed E-state index contributed by atoms with van der Waals surface area (Å²) in [5, 5.41) is 10.7. The van der Waals surface area contributed by atoms with E-state index in [1.165, 1.54) is 0 Å². The molecule has 1 aromatic carbocycles. The third-order valence-electron chi connectivity index (χ3n) is 3.23. The number of benzene rings is 1. The SMILES string of the molecule is O=S(=O)(CBr)NCC(O)(c1ccccc1)C1CC1. The normalized spacial score (nSPS) is 19.4. The molecule has 2 rings (SSSR count). The maximum atomic E-state index is 11.5. The molecule has 1 aliphatic rings. The number of halogens is 1. The summed E-state index contributed by atoms with van der Waals surface area (Å²) in [7, 11) is -3.36. The van der Waals surface area contributed by atoms with Crippen LogP contribution in [0.25, 0.3) is 0 Å². The van der Waals surface area contributed by atoms with Gasteiger partial charge in [-0.15, -0.1) is 0 Å². The smallest absolute Gasteiger partial charge is 0.221 e. The Balaban J connectivity index is 2.18. The lowest BCUT2D eigenvalue weighted by Gasteiger charge is -2.29. The lowest BCUT2D eigenvalue weighted by atomic mass is 9.89. The Labute approximate surface area is 116 Å². The van der Waals surface area contributed by atoms with Crippen LogP contribution in [0.4, 0.5) is 0 Å². The first kappa shape index (κ1) is 14.0. The summed E-state index contributed by atoms with van der Waals surface area (Å²) in [6.45, 7) is 0.0234. The van der Waals surface area contributed by atoms with Gasteiger partial charge in [-0.25, -0.2) is 13.1 Å². The van der Waals surface area contributed by atoms with E-state index < -0.39 is 15.6 Å². The first-order valence-electron chi connectivity index (χ1n) is 5.79. The predicted octanol–water partition coefficient (Wildman–Crippen LogP) is 1.56. The maximum Gasteiger partial charge on any atom is 0.221 e. The minimum Gasteiger partial charge on any atom is -0.383 e. The molecule has 1 aromatic rings. The molecule has 0 amide bonds. The van der Waals surface area contributed by atoms with E-state index in [4.69, 9.17) is 0 Å². The lowest BCUT2D eigenvalue weighted by Crippen LogP contribution is -2.42. The highest BCUT2D eigenvalue weighted by Gasteiger charge is 2.45. The third-order valence-corrected chi connectivity index (χ3v) is 5.91. The van der Waals surface area contributed by atoms with Crippen molar-refractivity contribution in [2.24, 2.45) is 5.92 Å². The largest absolute Gasteiger partial charge is 0.383 e. The summed E-state index contributed by atoms with van der Waals surface area (Å²) in [5.41, 5.74) is -0.332. The zero-order valence-corrected chi connectivity index (χ0v) is 12.2. The van der Waals surface area contributed by atoms with Crippen LogP contribution in [0.1, 0.15) is 18.4 Å². The highest BCUT2D eigenvalue weighted by atomic mass is 79.9. The molecule has 6 heteroatoms. The van der Waals surface area contributed by atoms with Gasteiger partial charge in [0.1, 0.15) is 10.3 Å². The van der Waals surface area contributed by atoms with Crippen LogP contribution in [-0.4, -0.2) is 24.7 Å². The summed E-state index contributed by atoms with van der Waals surface area (Å²) in [6, 6.07) is 9.24. The summed E-state index contributed by atoms with van der Waals surface area (Å²) in [4.78, 5) is 0. The average molecular weight is 334 g/mol. The summed E-state index contributed by atoms with van der Waals surface area (Å²) >= 11 is 2.92. The fraction of sp³-hybridized carbons (Fsp3) is 0.500. The molecule has 1 saturated carbocycles. The number of alkyl halides is 1. The van der Waals surface area contributed by atoms with Gasteiger partial charge in [0.15, 0.2) is 0 Å². The standard InChI is InChI=1S/C12H16BrNO3S/c13-9-18(16,17)14-8-12(15,11-6-7-11)10-4-2-1-3-5-10/h1-5,11,14-15H,6-9H2. The second kappa shape index (κ2) is 5.28. The van der Waals surface area contributed by atoms with Crippen LogP contribution in [0.2, 0.25) is 0 Å². The fourth-order valence-corrected chi connectivity index (χ4v) is 3.03. The van der Waals surface area contributed by atoms with E-state index in [2.05, 4.69) is 20.7 Å². The summed E-state index contributed by atoms with van der Waals surface area (Å²) < 4.78 is 25.2. The zero-order valence-electron chi connectivity index (χ0n) is 9.84. The molecule has 0 aromatic heterocycles. The van der Waals surface area contributed by atoms with Crippen molar-refractivity contribution in [1.82, 2.24) is 4.72 Å². The number of sulfonamides is 1. The van der Waals surface area contributed by atoms with Gasteiger partial charge in [0.05, 0.1) is 0 Å². The molecule has 1 unspecified atom stereocenters. The molecule has 0 heterocycles. The molecule has 4 nitrogen and oxygen atoms in total. The van der Waals surface area contributed by atoms with E-state index in [1.807, 2.05) is 30.3 Å². The Morgan fingerprint density at radius 1 is 1.33 bits per heavy atom. The molecule has 0 spiro atoms. The van der Waals surface area contributed by atoms with E-state index in [9.17, 15) is 13.5 Å². The van der Waals surface area contributed by atoms with Crippen molar-refractivity contribution in [3.63, 3.8) is 0 Å². The minimum absolute atomic E-state index is 0.0234. The van der Waals surface area contributed by atoms with Crippen LogP contribution in [0.5, 0.6) is 0 Å². The van der Waals surface area contributed by atoms with Crippen LogP contribution in [-0.2, 0) is 15.6 Å². The highest BCUT2D eigenvalue weighted by Crippen LogP contribution is 2.45. The Morgan fingerprint density at radius 3 is 2.44 bits per heavy atom. The molecule has 1 fully saturated rings. The van der Waals surface area contributed by atoms with Crippen LogP contribution in [0, 0.1) is 5.92 Å². The topological polar surface area (TPSA) is 66.4 Å². The average Bonchev–Trinajstić information content (AvgIpc) is 3.22. The molecular weight excluding hydrogens is 318 g/mol. The van der Waals surface area contributed by atoms with Crippen LogP contribution < -0.4 is 4.72 Å². The Bertz CT molecular complexity index is 501. The Kier molecular flexibility index (Phi) is 4.11. The van der Waals surface area contributed by atoms with Gasteiger partial charge >= 0.3 is 0 Å². The summed E-state index contributed by atoms with van der Waals surface area (Å²) in [5.74, 6) is 0.137. The number of rotatable bonds is 6. The number of hydrogen-bond acceptors (Lipinski definition) is 3. The fourth-order valence-electron chi connectivity index (χ4n) is 2.03. The zero-order chi connectivity index (χ0) is 13.2. The number of nitrogens with one attached hydrogen (secondary N) is 1. The maximum absolute atomic E-state index is 11.5. The van der Waals surface area contributed by atoms with Gasteiger partial charge in [0, 0.05) is 6.54 Å². The van der Waals surface area contributed by atoms with Crippen LogP contribution >= 0.6 is 15.9 Å². The Morgan fingerprint density at radius 2 is 1.94 bits per heavy atom. The molecule has 18 heavy (non-hydrogen) atoms. The monoisotopic (exact) mass is 333 g/mol. The summed E-state index contributed by atoms with van der Waals surface area (Å²) in [6.07, 6.45) is 1.86. The highest BCUT2D eigenvalue weighted by molar-refractivity contribution is 9.10. The van der Waals surface area contributed by atoms with E-state index in [-0.39, 0.29) is 17.1 Å². The molecule has 0 radical (unpaired) electrons. The number of aliphatic hydroxyl groups is 1. The molecule has 0 bridgehead atoms. The molecular formula is C12H16BrNO3S. The van der Waals surface area contributed by atoms with Gasteiger partial charge in [-0.1, -0.05) is 46.3 Å². The molecule has 0 saturated heterocycles. The lowest BCUT2D eigenvalue weighted by molar-refractivity contribution is 0.0186. The van der Waals surface area contributed by atoms with Gasteiger partial charge in [-0.2, -0.15) is 0 Å². The quantitative estimate of drug-likeness (QED) is 0.776. The van der Waals surface area contributed by atoms with Crippen LogP contribution in [0.3, 0.4) is 0 Å². The van der Waals surface area contributed by atoms with E-state index in [1.54, 1.807) is 0 Å². The van der Waals surface area contributed by atoms with Gasteiger partial charge < -0.3 is 5.11 Å². The molecule has 1 aliphatic carbocycles. The van der Waals surface area contributed by atoms with Gasteiger partial charge in [0.2, 0.25) is 10.0 Å². The van der Waals surface area contributed by atoms with E-state index in [0.29, 0.717) is 0 Å². The second-order valence-corrected chi connectivity index (χ2v) is 7.72. The van der Waals surface area contributed by atoms with Gasteiger partial charge in [0.25, 0.3) is 0 Å². The van der Waals surface area contributed by atoms with Crippen molar-refractivity contribution in [3.8, 4) is 0 Å². The van der Waals surface area contributed by atoms with E-state index in [0.717, 1.165) is 18.4 Å². The number of hydrogen-bond donors (Lipinski definition) is 2. The van der Waals surface area contributed by atoms with Crippen molar-refractivity contribution in [2.45, 2.75) is 18.4 Å². The van der Waals surface area contributed by atoms with Crippen molar-refractivity contribution < 1.29 is 13.5 Å². The van der Waals surface area contributed by atoms with Gasteiger partial charge in [-0.3, -0.25) is 0 Å². The van der Waals surface area contributed by atoms with Crippen LogP contribution in [0.15, 0.2) is 30.3 Å². The third kappa shape index (κ3) is 3.12. The molecule has 100 valence electrons. The molecule has 0 aliphatic heterocycles. The first-order chi connectivity index (χ1) is 8.48. The first-order valence-corrected chi connectivity index (χ1v) is 8.56.